The summed E-state index contributed by atoms with van der Waals surface area (Å²) in [6.45, 7) is 5.28. The molecule has 2 aromatic rings. The molecule has 0 bridgehead atoms. The number of fused-ring (bicyclic) bond motifs is 1. The van der Waals surface area contributed by atoms with Gasteiger partial charge in [0.2, 0.25) is 0 Å². The van der Waals surface area contributed by atoms with E-state index in [4.69, 9.17) is 5.26 Å². The summed E-state index contributed by atoms with van der Waals surface area (Å²) < 4.78 is 1.87. The van der Waals surface area contributed by atoms with Gasteiger partial charge in [0.05, 0.1) is 24.0 Å². The van der Waals surface area contributed by atoms with Gasteiger partial charge in [-0.3, -0.25) is 15.0 Å². The molecule has 2 N–H and O–H groups in total. The summed E-state index contributed by atoms with van der Waals surface area (Å²) in [5, 5.41) is 19.8. The zero-order valence-corrected chi connectivity index (χ0v) is 12.7. The van der Waals surface area contributed by atoms with Gasteiger partial charge in [0.15, 0.2) is 12.0 Å². The van der Waals surface area contributed by atoms with Crippen LogP contribution >= 0.6 is 0 Å². The van der Waals surface area contributed by atoms with E-state index in [1.807, 2.05) is 42.9 Å². The highest BCUT2D eigenvalue weighted by molar-refractivity contribution is 6.03. The van der Waals surface area contributed by atoms with Crippen molar-refractivity contribution in [2.45, 2.75) is 26.4 Å². The molecule has 3 rings (SSSR count). The topological polar surface area (TPSA) is 78.0 Å². The number of anilines is 1. The van der Waals surface area contributed by atoms with Gasteiger partial charge in [-0.15, -0.1) is 0 Å². The first kappa shape index (κ1) is 14.1. The maximum Gasteiger partial charge on any atom is 0.182 e. The first-order valence-electron chi connectivity index (χ1n) is 7.33. The van der Waals surface area contributed by atoms with Crippen LogP contribution < -0.4 is 10.6 Å². The molecule has 0 saturated carbocycles. The molecule has 22 heavy (non-hydrogen) atoms. The fourth-order valence-corrected chi connectivity index (χ4v) is 2.73. The number of rotatable bonds is 2. The van der Waals surface area contributed by atoms with Gasteiger partial charge in [-0.25, -0.2) is 0 Å². The Bertz CT molecular complexity index is 738. The molecule has 1 aliphatic rings. The van der Waals surface area contributed by atoms with Crippen LogP contribution in [0.4, 0.5) is 5.69 Å². The van der Waals surface area contributed by atoms with Crippen LogP contribution in [0.15, 0.2) is 35.3 Å². The summed E-state index contributed by atoms with van der Waals surface area (Å²) in [5.74, 6) is 0.575. The third-order valence-electron chi connectivity index (χ3n) is 3.78. The van der Waals surface area contributed by atoms with Crippen molar-refractivity contribution in [1.82, 2.24) is 15.1 Å². The number of hydrogen-bond donors (Lipinski definition) is 2. The molecule has 0 saturated heterocycles. The molecule has 112 valence electrons. The van der Waals surface area contributed by atoms with Crippen LogP contribution in [-0.2, 0) is 6.54 Å². The Kier molecular flexibility index (Phi) is 3.79. The minimum Gasteiger partial charge on any atom is -0.373 e. The fraction of sp³-hybridized carbons (Fsp3) is 0.312. The molecule has 6 heteroatoms. The first-order valence-corrected chi connectivity index (χ1v) is 7.33. The fourth-order valence-electron chi connectivity index (χ4n) is 2.73. The van der Waals surface area contributed by atoms with Crippen molar-refractivity contribution >= 4 is 11.5 Å². The van der Waals surface area contributed by atoms with Crippen LogP contribution in [0.5, 0.6) is 0 Å². The van der Waals surface area contributed by atoms with Gasteiger partial charge < -0.3 is 5.32 Å². The van der Waals surface area contributed by atoms with E-state index in [0.29, 0.717) is 12.4 Å². The number of amidine groups is 1. The average Bonchev–Trinajstić information content (AvgIpc) is 2.74. The van der Waals surface area contributed by atoms with Crippen LogP contribution in [0.3, 0.4) is 0 Å². The number of nitrogens with zero attached hydrogens (tertiary/aromatic N) is 4. The third kappa shape index (κ3) is 2.42. The number of hydrogen-bond acceptors (Lipinski definition) is 5. The molecule has 6 nitrogen and oxygen atoms in total. The lowest BCUT2D eigenvalue weighted by Gasteiger charge is -2.16. The highest BCUT2D eigenvalue weighted by Gasteiger charge is 2.25. The van der Waals surface area contributed by atoms with Gasteiger partial charge >= 0.3 is 0 Å². The summed E-state index contributed by atoms with van der Waals surface area (Å²) in [6.07, 6.45) is 1.97. The predicted octanol–water partition coefficient (Wildman–Crippen LogP) is 2.20. The number of aromatic nitrogens is 2. The highest BCUT2D eigenvalue weighted by Crippen LogP contribution is 2.29. The Labute approximate surface area is 129 Å². The number of nitrogens with one attached hydrogen (secondary N) is 2. The molecule has 0 aliphatic carbocycles. The van der Waals surface area contributed by atoms with E-state index in [1.54, 1.807) is 0 Å². The van der Waals surface area contributed by atoms with Gasteiger partial charge in [0.1, 0.15) is 5.69 Å². The molecule has 1 aromatic heterocycles. The average molecular weight is 294 g/mol. The molecular weight excluding hydrogens is 276 g/mol. The van der Waals surface area contributed by atoms with E-state index in [1.165, 1.54) is 5.56 Å². The van der Waals surface area contributed by atoms with E-state index in [0.717, 1.165) is 23.6 Å². The smallest absolute Gasteiger partial charge is 0.182 e. The molecule has 1 aliphatic heterocycles. The predicted molar refractivity (Wildman–Crippen MR) is 85.6 cm³/mol. The lowest BCUT2D eigenvalue weighted by atomic mass is 10.1. The van der Waals surface area contributed by atoms with Gasteiger partial charge in [-0.2, -0.15) is 10.4 Å². The summed E-state index contributed by atoms with van der Waals surface area (Å²) in [7, 11) is 0. The number of aliphatic imine (C=N–C) groups is 1. The second kappa shape index (κ2) is 5.90. The van der Waals surface area contributed by atoms with Crippen molar-refractivity contribution in [2.75, 3.05) is 11.9 Å². The maximum atomic E-state index is 9.00. The van der Waals surface area contributed by atoms with Crippen molar-refractivity contribution in [3.63, 3.8) is 0 Å². The van der Waals surface area contributed by atoms with Gasteiger partial charge in [-0.1, -0.05) is 30.3 Å². The largest absolute Gasteiger partial charge is 0.373 e. The van der Waals surface area contributed by atoms with Crippen molar-refractivity contribution < 1.29 is 0 Å². The molecule has 1 aromatic carbocycles. The number of benzene rings is 1. The van der Waals surface area contributed by atoms with Gasteiger partial charge in [-0.05, 0) is 19.4 Å². The van der Waals surface area contributed by atoms with Crippen molar-refractivity contribution in [2.24, 2.45) is 4.99 Å². The second-order valence-corrected chi connectivity index (χ2v) is 5.16. The number of nitriles is 1. The lowest BCUT2D eigenvalue weighted by molar-refractivity contribution is 0.646. The minimum absolute atomic E-state index is 0.0612. The summed E-state index contributed by atoms with van der Waals surface area (Å²) >= 11 is 0. The minimum atomic E-state index is 0.0612. The SMILES string of the molecule is CCn1nc(C)c2c1C(NC#N)=NCC(c1ccccc1)N2. The maximum absolute atomic E-state index is 9.00. The number of aryl methyl sites for hydroxylation is 2. The monoisotopic (exact) mass is 294 g/mol. The summed E-state index contributed by atoms with van der Waals surface area (Å²) in [4.78, 5) is 4.59. The van der Waals surface area contributed by atoms with Crippen LogP contribution in [0.1, 0.15) is 29.9 Å². The summed E-state index contributed by atoms with van der Waals surface area (Å²) in [6, 6.07) is 10.3. The Morgan fingerprint density at radius 2 is 2.18 bits per heavy atom. The van der Waals surface area contributed by atoms with Gasteiger partial charge in [0.25, 0.3) is 0 Å². The van der Waals surface area contributed by atoms with E-state index in [2.05, 4.69) is 32.9 Å². The van der Waals surface area contributed by atoms with Crippen molar-refractivity contribution in [3.8, 4) is 6.19 Å². The van der Waals surface area contributed by atoms with Crippen molar-refractivity contribution in [3.05, 3.63) is 47.3 Å². The normalized spacial score (nSPS) is 16.8. The molecular formula is C16H18N6. The van der Waals surface area contributed by atoms with Crippen LogP contribution in [0.2, 0.25) is 0 Å². The first-order chi connectivity index (χ1) is 10.7. The van der Waals surface area contributed by atoms with Gasteiger partial charge in [0, 0.05) is 6.54 Å². The van der Waals surface area contributed by atoms with E-state index in [9.17, 15) is 0 Å². The lowest BCUT2D eigenvalue weighted by Crippen LogP contribution is -2.23. The molecule has 0 spiro atoms. The van der Waals surface area contributed by atoms with Crippen molar-refractivity contribution in [1.29, 1.82) is 5.26 Å². The van der Waals surface area contributed by atoms with E-state index < -0.39 is 0 Å². The quantitative estimate of drug-likeness (QED) is 0.657. The Morgan fingerprint density at radius 1 is 1.41 bits per heavy atom. The third-order valence-corrected chi connectivity index (χ3v) is 3.78. The zero-order valence-electron chi connectivity index (χ0n) is 12.7. The van der Waals surface area contributed by atoms with Crippen LogP contribution in [-0.4, -0.2) is 22.2 Å². The van der Waals surface area contributed by atoms with Crippen LogP contribution in [0, 0.1) is 18.4 Å². The molecule has 2 heterocycles. The Balaban J connectivity index is 2.08. The molecule has 1 unspecified atom stereocenters. The Hall–Kier alpha value is -2.81. The standard InChI is InChI=1S/C16H18N6/c1-3-22-15-14(11(2)21-22)20-13(9-18-16(15)19-10-17)12-7-5-4-6-8-12/h4-8,13,20H,3,9H2,1-2H3,(H,18,19). The Morgan fingerprint density at radius 3 is 2.86 bits per heavy atom. The van der Waals surface area contributed by atoms with E-state index in [-0.39, 0.29) is 6.04 Å². The molecule has 0 radical (unpaired) electrons. The van der Waals surface area contributed by atoms with Crippen LogP contribution in [0.25, 0.3) is 0 Å². The van der Waals surface area contributed by atoms with E-state index >= 15 is 0 Å². The zero-order chi connectivity index (χ0) is 15.5. The molecule has 0 fully saturated rings. The molecule has 1 atom stereocenters. The second-order valence-electron chi connectivity index (χ2n) is 5.16. The highest BCUT2D eigenvalue weighted by atomic mass is 15.3. The summed E-state index contributed by atoms with van der Waals surface area (Å²) in [5.41, 5.74) is 3.86. The molecule has 0 amide bonds.